The quantitative estimate of drug-likeness (QED) is 0.863. The summed E-state index contributed by atoms with van der Waals surface area (Å²) in [7, 11) is 0. The SMILES string of the molecule is CC(CO)C(C)N1CCc2ccccc2C1=O. The first-order valence-corrected chi connectivity index (χ1v) is 6.15. The van der Waals surface area contributed by atoms with Crippen LogP contribution in [0.2, 0.25) is 0 Å². The molecule has 2 atom stereocenters. The Morgan fingerprint density at radius 2 is 2.06 bits per heavy atom. The molecule has 1 aliphatic rings. The number of aliphatic hydroxyl groups excluding tert-OH is 1. The monoisotopic (exact) mass is 233 g/mol. The summed E-state index contributed by atoms with van der Waals surface area (Å²) in [5.41, 5.74) is 1.95. The number of carbonyl (C=O) groups is 1. The summed E-state index contributed by atoms with van der Waals surface area (Å²) in [5.74, 6) is 0.212. The first-order valence-electron chi connectivity index (χ1n) is 6.15. The van der Waals surface area contributed by atoms with Gasteiger partial charge >= 0.3 is 0 Å². The van der Waals surface area contributed by atoms with E-state index in [-0.39, 0.29) is 24.5 Å². The zero-order valence-corrected chi connectivity index (χ0v) is 10.4. The molecule has 0 spiro atoms. The largest absolute Gasteiger partial charge is 0.396 e. The van der Waals surface area contributed by atoms with Gasteiger partial charge in [0.2, 0.25) is 0 Å². The summed E-state index contributed by atoms with van der Waals surface area (Å²) in [6, 6.07) is 7.87. The molecule has 3 heteroatoms. The molecular formula is C14H19NO2. The highest BCUT2D eigenvalue weighted by molar-refractivity contribution is 5.96. The lowest BCUT2D eigenvalue weighted by Gasteiger charge is -2.36. The Hall–Kier alpha value is -1.35. The second kappa shape index (κ2) is 4.88. The number of hydrogen-bond donors (Lipinski definition) is 1. The maximum Gasteiger partial charge on any atom is 0.254 e. The van der Waals surface area contributed by atoms with Crippen LogP contribution >= 0.6 is 0 Å². The fraction of sp³-hybridized carbons (Fsp3) is 0.500. The lowest BCUT2D eigenvalue weighted by Crippen LogP contribution is -2.46. The Morgan fingerprint density at radius 1 is 1.35 bits per heavy atom. The van der Waals surface area contributed by atoms with Gasteiger partial charge in [-0.3, -0.25) is 4.79 Å². The topological polar surface area (TPSA) is 40.5 Å². The van der Waals surface area contributed by atoms with Gasteiger partial charge < -0.3 is 10.0 Å². The van der Waals surface area contributed by atoms with Gasteiger partial charge in [0.25, 0.3) is 5.91 Å². The standard InChI is InChI=1S/C14H19NO2/c1-10(9-16)11(2)15-8-7-12-5-3-4-6-13(12)14(15)17/h3-6,10-11,16H,7-9H2,1-2H3. The van der Waals surface area contributed by atoms with Crippen LogP contribution < -0.4 is 0 Å². The minimum absolute atomic E-state index is 0.0841. The van der Waals surface area contributed by atoms with Gasteiger partial charge in [-0.2, -0.15) is 0 Å². The van der Waals surface area contributed by atoms with E-state index < -0.39 is 0 Å². The maximum atomic E-state index is 12.3. The average Bonchev–Trinajstić information content (AvgIpc) is 2.38. The van der Waals surface area contributed by atoms with Gasteiger partial charge in [-0.25, -0.2) is 0 Å². The third-order valence-corrected chi connectivity index (χ3v) is 3.73. The van der Waals surface area contributed by atoms with E-state index in [1.165, 1.54) is 0 Å². The van der Waals surface area contributed by atoms with Crippen LogP contribution in [0.5, 0.6) is 0 Å². The lowest BCUT2D eigenvalue weighted by atomic mass is 9.95. The number of rotatable bonds is 3. The number of benzene rings is 1. The summed E-state index contributed by atoms with van der Waals surface area (Å²) in [4.78, 5) is 14.2. The van der Waals surface area contributed by atoms with Crippen LogP contribution in [0.15, 0.2) is 24.3 Å². The molecule has 1 aromatic carbocycles. The Morgan fingerprint density at radius 3 is 2.76 bits per heavy atom. The summed E-state index contributed by atoms with van der Waals surface area (Å²) in [6.07, 6.45) is 0.907. The van der Waals surface area contributed by atoms with E-state index in [2.05, 4.69) is 0 Å². The number of amides is 1. The zero-order valence-electron chi connectivity index (χ0n) is 10.4. The van der Waals surface area contributed by atoms with E-state index in [9.17, 15) is 9.90 Å². The predicted octanol–water partition coefficient (Wildman–Crippen LogP) is 1.70. The third-order valence-electron chi connectivity index (χ3n) is 3.73. The van der Waals surface area contributed by atoms with Gasteiger partial charge in [-0.1, -0.05) is 25.1 Å². The molecule has 0 saturated heterocycles. The predicted molar refractivity (Wildman–Crippen MR) is 66.9 cm³/mol. The second-order valence-corrected chi connectivity index (χ2v) is 4.81. The Balaban J connectivity index is 2.23. The molecule has 0 radical (unpaired) electrons. The van der Waals surface area contributed by atoms with E-state index in [0.29, 0.717) is 0 Å². The van der Waals surface area contributed by atoms with Crippen molar-refractivity contribution in [2.45, 2.75) is 26.3 Å². The normalized spacial score (nSPS) is 18.8. The molecule has 17 heavy (non-hydrogen) atoms. The van der Waals surface area contributed by atoms with Crippen molar-refractivity contribution in [3.05, 3.63) is 35.4 Å². The minimum Gasteiger partial charge on any atom is -0.396 e. The summed E-state index contributed by atoms with van der Waals surface area (Å²) in [6.45, 7) is 4.85. The van der Waals surface area contributed by atoms with Crippen molar-refractivity contribution < 1.29 is 9.90 Å². The molecule has 1 aliphatic heterocycles. The fourth-order valence-corrected chi connectivity index (χ4v) is 2.29. The van der Waals surface area contributed by atoms with Crippen LogP contribution in [-0.4, -0.2) is 35.1 Å². The molecule has 0 aromatic heterocycles. The van der Waals surface area contributed by atoms with Crippen molar-refractivity contribution in [2.24, 2.45) is 5.92 Å². The highest BCUT2D eigenvalue weighted by atomic mass is 16.3. The second-order valence-electron chi connectivity index (χ2n) is 4.81. The molecule has 0 fully saturated rings. The summed E-state index contributed by atoms with van der Waals surface area (Å²) >= 11 is 0. The lowest BCUT2D eigenvalue weighted by molar-refractivity contribution is 0.0570. The van der Waals surface area contributed by atoms with Gasteiger partial charge in [-0.05, 0) is 30.9 Å². The van der Waals surface area contributed by atoms with Gasteiger partial charge in [-0.15, -0.1) is 0 Å². The van der Waals surface area contributed by atoms with Crippen molar-refractivity contribution in [3.8, 4) is 0 Å². The van der Waals surface area contributed by atoms with Crippen LogP contribution in [0.3, 0.4) is 0 Å². The van der Waals surface area contributed by atoms with E-state index in [4.69, 9.17) is 0 Å². The van der Waals surface area contributed by atoms with Crippen LogP contribution in [-0.2, 0) is 6.42 Å². The Kier molecular flexibility index (Phi) is 3.48. The van der Waals surface area contributed by atoms with E-state index in [0.717, 1.165) is 24.1 Å². The van der Waals surface area contributed by atoms with Crippen molar-refractivity contribution in [3.63, 3.8) is 0 Å². The Bertz CT molecular complexity index is 416. The van der Waals surface area contributed by atoms with Gasteiger partial charge in [0, 0.05) is 24.8 Å². The fourth-order valence-electron chi connectivity index (χ4n) is 2.29. The first-order chi connectivity index (χ1) is 8.15. The zero-order chi connectivity index (χ0) is 12.4. The van der Waals surface area contributed by atoms with Crippen LogP contribution in [0, 0.1) is 5.92 Å². The van der Waals surface area contributed by atoms with Gasteiger partial charge in [0.15, 0.2) is 0 Å². The van der Waals surface area contributed by atoms with Crippen LogP contribution in [0.1, 0.15) is 29.8 Å². The minimum atomic E-state index is 0.0841. The van der Waals surface area contributed by atoms with E-state index in [1.807, 2.05) is 43.0 Å². The molecule has 1 amide bonds. The Labute approximate surface area is 102 Å². The molecule has 1 aromatic rings. The van der Waals surface area contributed by atoms with Crippen LogP contribution in [0.4, 0.5) is 0 Å². The van der Waals surface area contributed by atoms with Crippen molar-refractivity contribution in [1.82, 2.24) is 4.90 Å². The van der Waals surface area contributed by atoms with Crippen LogP contribution in [0.25, 0.3) is 0 Å². The molecule has 0 bridgehead atoms. The smallest absolute Gasteiger partial charge is 0.254 e. The number of fused-ring (bicyclic) bond motifs is 1. The first kappa shape index (κ1) is 12.1. The van der Waals surface area contributed by atoms with Gasteiger partial charge in [0.05, 0.1) is 0 Å². The molecular weight excluding hydrogens is 214 g/mol. The molecule has 2 rings (SSSR count). The molecule has 0 aliphatic carbocycles. The highest BCUT2D eigenvalue weighted by Gasteiger charge is 2.29. The van der Waals surface area contributed by atoms with Crippen molar-refractivity contribution in [1.29, 1.82) is 0 Å². The molecule has 2 unspecified atom stereocenters. The number of aliphatic hydroxyl groups is 1. The van der Waals surface area contributed by atoms with Crippen molar-refractivity contribution >= 4 is 5.91 Å². The molecule has 3 nitrogen and oxygen atoms in total. The summed E-state index contributed by atoms with van der Waals surface area (Å²) in [5, 5.41) is 9.18. The number of hydrogen-bond acceptors (Lipinski definition) is 2. The highest BCUT2D eigenvalue weighted by Crippen LogP contribution is 2.22. The third kappa shape index (κ3) is 2.20. The van der Waals surface area contributed by atoms with E-state index in [1.54, 1.807) is 0 Å². The maximum absolute atomic E-state index is 12.3. The number of nitrogens with zero attached hydrogens (tertiary/aromatic N) is 1. The summed E-state index contributed by atoms with van der Waals surface area (Å²) < 4.78 is 0. The average molecular weight is 233 g/mol. The van der Waals surface area contributed by atoms with E-state index >= 15 is 0 Å². The molecule has 1 heterocycles. The van der Waals surface area contributed by atoms with Gasteiger partial charge in [0.1, 0.15) is 0 Å². The molecule has 1 N–H and O–H groups in total. The molecule has 92 valence electrons. The van der Waals surface area contributed by atoms with Crippen molar-refractivity contribution in [2.75, 3.05) is 13.2 Å². The number of carbonyl (C=O) groups excluding carboxylic acids is 1. The molecule has 0 saturated carbocycles.